The number of pyridine rings is 1. The molecule has 0 saturated carbocycles. The Bertz CT molecular complexity index is 1070. The lowest BCUT2D eigenvalue weighted by molar-refractivity contribution is -0.137. The third kappa shape index (κ3) is 3.36. The maximum Gasteiger partial charge on any atom is 0.343 e. The normalized spacial score (nSPS) is 12.0. The summed E-state index contributed by atoms with van der Waals surface area (Å²) in [6.45, 7) is 1.67. The van der Waals surface area contributed by atoms with E-state index in [1.807, 2.05) is 0 Å². The van der Waals surface area contributed by atoms with Crippen LogP contribution in [0.1, 0.15) is 40.7 Å². The summed E-state index contributed by atoms with van der Waals surface area (Å²) in [6.07, 6.45) is 5.01. The molecule has 0 spiro atoms. The van der Waals surface area contributed by atoms with E-state index in [0.717, 1.165) is 6.20 Å². The van der Waals surface area contributed by atoms with Crippen LogP contribution in [0.2, 0.25) is 0 Å². The number of ether oxygens (including phenoxy) is 1. The number of carbonyl (C=O) groups excluding carboxylic acids is 1. The second-order valence-electron chi connectivity index (χ2n) is 5.65. The molecule has 0 fully saturated rings. The monoisotopic (exact) mass is 372 g/mol. The van der Waals surface area contributed by atoms with Crippen LogP contribution < -0.4 is 5.56 Å². The Hall–Kier alpha value is -3.69. The molecule has 0 unspecified atom stereocenters. The number of nitrogens with zero attached hydrogens (tertiary/aromatic N) is 3. The van der Waals surface area contributed by atoms with Crippen LogP contribution in [0.5, 0.6) is 5.75 Å². The number of aromatic nitrogens is 4. The van der Waals surface area contributed by atoms with Crippen LogP contribution in [0.4, 0.5) is 0 Å². The van der Waals surface area contributed by atoms with Crippen LogP contribution in [0.25, 0.3) is 5.65 Å². The number of rotatable bonds is 6. The molecule has 1 atom stereocenters. The first-order valence-electron chi connectivity index (χ1n) is 8.05. The second kappa shape index (κ2) is 7.28. The molecule has 10 heteroatoms. The number of aromatic hydroxyl groups is 1. The van der Waals surface area contributed by atoms with Crippen molar-refractivity contribution < 1.29 is 24.5 Å². The smallest absolute Gasteiger partial charge is 0.343 e. The summed E-state index contributed by atoms with van der Waals surface area (Å²) in [5.74, 6) is -3.73. The summed E-state index contributed by atoms with van der Waals surface area (Å²) >= 11 is 0. The summed E-state index contributed by atoms with van der Waals surface area (Å²) in [5.41, 5.74) is -0.569. The fourth-order valence-corrected chi connectivity index (χ4v) is 2.86. The first kappa shape index (κ1) is 18.1. The van der Waals surface area contributed by atoms with Gasteiger partial charge in [-0.1, -0.05) is 0 Å². The highest BCUT2D eigenvalue weighted by molar-refractivity contribution is 5.92. The highest BCUT2D eigenvalue weighted by atomic mass is 16.5. The number of H-pyrrole nitrogens is 1. The highest BCUT2D eigenvalue weighted by Crippen LogP contribution is 2.34. The third-order valence-electron chi connectivity index (χ3n) is 4.01. The number of esters is 1. The Balaban J connectivity index is 2.22. The van der Waals surface area contributed by atoms with Gasteiger partial charge >= 0.3 is 11.9 Å². The molecule has 0 bridgehead atoms. The van der Waals surface area contributed by atoms with Crippen molar-refractivity contribution in [3.63, 3.8) is 0 Å². The van der Waals surface area contributed by atoms with Gasteiger partial charge in [-0.2, -0.15) is 5.10 Å². The zero-order chi connectivity index (χ0) is 19.6. The van der Waals surface area contributed by atoms with Gasteiger partial charge in [0.25, 0.3) is 5.56 Å². The molecule has 0 radical (unpaired) electrons. The maximum atomic E-state index is 12.4. The molecule has 3 heterocycles. The van der Waals surface area contributed by atoms with Crippen molar-refractivity contribution in [2.24, 2.45) is 0 Å². The number of aromatic amines is 1. The molecule has 3 aromatic rings. The predicted molar refractivity (Wildman–Crippen MR) is 91.8 cm³/mol. The molecule has 0 aliphatic heterocycles. The number of fused-ring (bicyclic) bond motifs is 1. The molecule has 3 aromatic heterocycles. The largest absolute Gasteiger partial charge is 0.506 e. The van der Waals surface area contributed by atoms with E-state index in [-0.39, 0.29) is 17.7 Å². The molecular formula is C17H16N4O6. The predicted octanol–water partition coefficient (Wildman–Crippen LogP) is 0.906. The number of hydrogen-bond donors (Lipinski definition) is 3. The van der Waals surface area contributed by atoms with Gasteiger partial charge in [0.15, 0.2) is 5.65 Å². The van der Waals surface area contributed by atoms with Gasteiger partial charge in [-0.25, -0.2) is 14.3 Å². The molecule has 3 N–H and O–H groups in total. The van der Waals surface area contributed by atoms with E-state index >= 15 is 0 Å². The van der Waals surface area contributed by atoms with Crippen LogP contribution in [0, 0.1) is 0 Å². The fourth-order valence-electron chi connectivity index (χ4n) is 2.86. The Morgan fingerprint density at radius 2 is 2.19 bits per heavy atom. The van der Waals surface area contributed by atoms with Crippen LogP contribution >= 0.6 is 0 Å². The number of carboxylic acids is 1. The summed E-state index contributed by atoms with van der Waals surface area (Å²) in [5, 5.41) is 24.0. The number of carbonyl (C=O) groups is 2. The molecule has 0 amide bonds. The Labute approximate surface area is 152 Å². The molecule has 0 aliphatic rings. The maximum absolute atomic E-state index is 12.4. The van der Waals surface area contributed by atoms with Gasteiger partial charge in [0, 0.05) is 30.1 Å². The van der Waals surface area contributed by atoms with E-state index < -0.39 is 35.6 Å². The van der Waals surface area contributed by atoms with E-state index in [1.165, 1.54) is 16.9 Å². The van der Waals surface area contributed by atoms with Gasteiger partial charge < -0.3 is 19.9 Å². The number of carboxylic acid groups (broad SMARTS) is 1. The Morgan fingerprint density at radius 1 is 1.41 bits per heavy atom. The minimum absolute atomic E-state index is 0.0727. The van der Waals surface area contributed by atoms with Crippen molar-refractivity contribution in [2.45, 2.75) is 19.3 Å². The average Bonchev–Trinajstić information content (AvgIpc) is 3.04. The van der Waals surface area contributed by atoms with E-state index in [0.29, 0.717) is 11.2 Å². The van der Waals surface area contributed by atoms with Gasteiger partial charge in [0.1, 0.15) is 11.3 Å². The van der Waals surface area contributed by atoms with Crippen molar-refractivity contribution in [3.8, 4) is 5.75 Å². The Kier molecular flexibility index (Phi) is 4.88. The minimum atomic E-state index is -1.20. The van der Waals surface area contributed by atoms with Gasteiger partial charge in [0.2, 0.25) is 0 Å². The quantitative estimate of drug-likeness (QED) is 0.541. The first-order valence-corrected chi connectivity index (χ1v) is 8.05. The number of hydrogen-bond acceptors (Lipinski definition) is 7. The van der Waals surface area contributed by atoms with Gasteiger partial charge in [-0.15, -0.1) is 0 Å². The fraction of sp³-hybridized carbons (Fsp3) is 0.235. The van der Waals surface area contributed by atoms with Gasteiger partial charge in [0.05, 0.1) is 24.8 Å². The summed E-state index contributed by atoms with van der Waals surface area (Å²) < 4.78 is 6.28. The molecule has 0 aromatic carbocycles. The number of nitrogens with one attached hydrogen (secondary N) is 1. The second-order valence-corrected chi connectivity index (χ2v) is 5.65. The molecule has 140 valence electrons. The summed E-state index contributed by atoms with van der Waals surface area (Å²) in [6, 6.07) is 1.64. The van der Waals surface area contributed by atoms with Gasteiger partial charge in [-0.05, 0) is 13.0 Å². The van der Waals surface area contributed by atoms with Crippen LogP contribution in [-0.2, 0) is 9.53 Å². The third-order valence-corrected chi connectivity index (χ3v) is 4.01. The van der Waals surface area contributed by atoms with Crippen LogP contribution in [0.15, 0.2) is 35.6 Å². The average molecular weight is 372 g/mol. The van der Waals surface area contributed by atoms with Crippen molar-refractivity contribution in [1.29, 1.82) is 0 Å². The van der Waals surface area contributed by atoms with Crippen molar-refractivity contribution >= 4 is 17.6 Å². The van der Waals surface area contributed by atoms with E-state index in [9.17, 15) is 24.6 Å². The SMILES string of the molecule is CCOC(=O)c1c[nH]c(=O)c([C@H](CC(=O)O)c2cnn3cccnc23)c1O. The van der Waals surface area contributed by atoms with Crippen LogP contribution in [-0.4, -0.2) is 48.3 Å². The lowest BCUT2D eigenvalue weighted by atomic mass is 9.89. The number of aliphatic carboxylic acids is 1. The lowest BCUT2D eigenvalue weighted by Gasteiger charge is -2.16. The highest BCUT2D eigenvalue weighted by Gasteiger charge is 2.30. The van der Waals surface area contributed by atoms with Gasteiger partial charge in [-0.3, -0.25) is 9.59 Å². The van der Waals surface area contributed by atoms with Crippen molar-refractivity contribution in [1.82, 2.24) is 19.6 Å². The van der Waals surface area contributed by atoms with Crippen molar-refractivity contribution in [2.75, 3.05) is 6.61 Å². The molecule has 3 rings (SSSR count). The van der Waals surface area contributed by atoms with E-state index in [2.05, 4.69) is 15.1 Å². The molecular weight excluding hydrogens is 356 g/mol. The zero-order valence-electron chi connectivity index (χ0n) is 14.2. The summed E-state index contributed by atoms with van der Waals surface area (Å²) in [7, 11) is 0. The van der Waals surface area contributed by atoms with E-state index in [1.54, 1.807) is 19.2 Å². The standard InChI is InChI=1S/C17H16N4O6/c1-2-27-17(26)11-7-19-16(25)13(14(11)24)9(6-12(22)23)10-8-20-21-5-3-4-18-15(10)21/h3-5,7-9H,2,6H2,1H3,(H,22,23)(H2,19,24,25)/t9-/m1/s1. The van der Waals surface area contributed by atoms with E-state index in [4.69, 9.17) is 4.74 Å². The topological polar surface area (TPSA) is 147 Å². The molecule has 0 aliphatic carbocycles. The minimum Gasteiger partial charge on any atom is -0.506 e. The molecule has 27 heavy (non-hydrogen) atoms. The van der Waals surface area contributed by atoms with Crippen molar-refractivity contribution in [3.05, 3.63) is 57.9 Å². The first-order chi connectivity index (χ1) is 12.9. The van der Waals surface area contributed by atoms with Crippen LogP contribution in [0.3, 0.4) is 0 Å². The Morgan fingerprint density at radius 3 is 2.89 bits per heavy atom. The summed E-state index contributed by atoms with van der Waals surface area (Å²) in [4.78, 5) is 42.4. The molecule has 10 nitrogen and oxygen atoms in total. The lowest BCUT2D eigenvalue weighted by Crippen LogP contribution is -2.22. The molecule has 0 saturated heterocycles. The zero-order valence-corrected chi connectivity index (χ0v) is 14.2.